The van der Waals surface area contributed by atoms with Crippen LogP contribution in [0.1, 0.15) is 5.56 Å². The van der Waals surface area contributed by atoms with Crippen molar-refractivity contribution in [2.75, 3.05) is 12.0 Å². The number of anilines is 1. The molecule has 0 spiro atoms. The number of ether oxygens (including phenoxy) is 1. The third kappa shape index (κ3) is 3.00. The number of benzene rings is 2. The smallest absolute Gasteiger partial charge is 0.270 e. The minimum absolute atomic E-state index is 0.165. The van der Waals surface area contributed by atoms with Crippen LogP contribution in [0.5, 0.6) is 5.75 Å². The van der Waals surface area contributed by atoms with E-state index in [-0.39, 0.29) is 11.6 Å². The van der Waals surface area contributed by atoms with E-state index in [1.54, 1.807) is 25.3 Å². The summed E-state index contributed by atoms with van der Waals surface area (Å²) in [5.41, 5.74) is 0.933. The van der Waals surface area contributed by atoms with Gasteiger partial charge in [-0.1, -0.05) is 54.3 Å². The highest BCUT2D eigenvalue weighted by atomic mass is 32.2. The van der Waals surface area contributed by atoms with E-state index in [4.69, 9.17) is 17.0 Å². The van der Waals surface area contributed by atoms with Gasteiger partial charge in [0.25, 0.3) is 5.91 Å². The number of thiocarbonyl (C=S) groups is 1. The van der Waals surface area contributed by atoms with Gasteiger partial charge < -0.3 is 4.74 Å². The molecule has 1 heterocycles. The monoisotopic (exact) mass is 345 g/mol. The molecule has 0 aromatic heterocycles. The topological polar surface area (TPSA) is 29.5 Å². The number of methoxy groups -OCH3 is 1. The predicted octanol–water partition coefficient (Wildman–Crippen LogP) is 4.24. The summed E-state index contributed by atoms with van der Waals surface area (Å²) in [6, 6.07) is 13.4. The lowest BCUT2D eigenvalue weighted by molar-refractivity contribution is -0.113. The molecule has 0 bridgehead atoms. The maximum absolute atomic E-state index is 14.0. The van der Waals surface area contributed by atoms with Crippen molar-refractivity contribution in [3.05, 3.63) is 64.8 Å². The van der Waals surface area contributed by atoms with Crippen molar-refractivity contribution in [2.45, 2.75) is 0 Å². The first-order chi connectivity index (χ1) is 11.1. The van der Waals surface area contributed by atoms with Crippen LogP contribution in [0, 0.1) is 5.82 Å². The van der Waals surface area contributed by atoms with E-state index in [0.29, 0.717) is 15.0 Å². The molecular weight excluding hydrogens is 333 g/mol. The fourth-order valence-corrected chi connectivity index (χ4v) is 3.51. The van der Waals surface area contributed by atoms with E-state index < -0.39 is 5.82 Å². The third-order valence-electron chi connectivity index (χ3n) is 3.31. The summed E-state index contributed by atoms with van der Waals surface area (Å²) < 4.78 is 19.5. The number of amides is 1. The quantitative estimate of drug-likeness (QED) is 0.615. The normalized spacial score (nSPS) is 16.3. The van der Waals surface area contributed by atoms with Crippen molar-refractivity contribution < 1.29 is 13.9 Å². The van der Waals surface area contributed by atoms with E-state index in [1.165, 1.54) is 17.0 Å². The summed E-state index contributed by atoms with van der Waals surface area (Å²) in [6.45, 7) is 0. The van der Waals surface area contributed by atoms with E-state index in [2.05, 4.69) is 0 Å². The zero-order valence-electron chi connectivity index (χ0n) is 12.2. The minimum Gasteiger partial charge on any atom is -0.496 e. The number of hydrogen-bond acceptors (Lipinski definition) is 4. The predicted molar refractivity (Wildman–Crippen MR) is 95.0 cm³/mol. The molecule has 1 saturated heterocycles. The van der Waals surface area contributed by atoms with Crippen molar-refractivity contribution in [1.29, 1.82) is 0 Å². The molecule has 3 rings (SSSR count). The average molecular weight is 345 g/mol. The van der Waals surface area contributed by atoms with Crippen LogP contribution < -0.4 is 9.64 Å². The molecule has 1 aliphatic heterocycles. The lowest BCUT2D eigenvalue weighted by atomic mass is 10.2. The molecule has 1 aliphatic rings. The highest BCUT2D eigenvalue weighted by Crippen LogP contribution is 2.37. The molecule has 116 valence electrons. The maximum atomic E-state index is 14.0. The molecule has 1 amide bonds. The minimum atomic E-state index is -0.484. The Balaban J connectivity index is 1.99. The summed E-state index contributed by atoms with van der Waals surface area (Å²) in [7, 11) is 1.57. The molecule has 2 aromatic rings. The molecule has 1 fully saturated rings. The van der Waals surface area contributed by atoms with Gasteiger partial charge in [0.15, 0.2) is 4.32 Å². The van der Waals surface area contributed by atoms with Crippen LogP contribution in [-0.4, -0.2) is 17.3 Å². The molecule has 0 atom stereocenters. The van der Waals surface area contributed by atoms with Crippen LogP contribution in [-0.2, 0) is 4.79 Å². The zero-order chi connectivity index (χ0) is 16.4. The van der Waals surface area contributed by atoms with Gasteiger partial charge in [0, 0.05) is 5.56 Å². The number of halogens is 1. The third-order valence-corrected chi connectivity index (χ3v) is 4.61. The average Bonchev–Trinajstić information content (AvgIpc) is 2.83. The molecule has 6 heteroatoms. The standard InChI is InChI=1S/C17H12FNO2S2/c1-21-14-9-5-2-6-11(14)10-15-16(20)19(17(22)23-15)13-8-4-3-7-12(13)18/h2-10H,1H3/b15-10+. The maximum Gasteiger partial charge on any atom is 0.270 e. The Hall–Kier alpha value is -2.18. The van der Waals surface area contributed by atoms with Crippen molar-refractivity contribution in [3.63, 3.8) is 0 Å². The van der Waals surface area contributed by atoms with E-state index in [1.807, 2.05) is 24.3 Å². The summed E-state index contributed by atoms with van der Waals surface area (Å²) in [5.74, 6) is -0.165. The molecule has 23 heavy (non-hydrogen) atoms. The van der Waals surface area contributed by atoms with Gasteiger partial charge >= 0.3 is 0 Å². The fraction of sp³-hybridized carbons (Fsp3) is 0.0588. The van der Waals surface area contributed by atoms with Crippen molar-refractivity contribution >= 4 is 46.0 Å². The second-order valence-corrected chi connectivity index (χ2v) is 6.39. The van der Waals surface area contributed by atoms with Crippen molar-refractivity contribution in [3.8, 4) is 5.75 Å². The molecule has 0 saturated carbocycles. The molecular formula is C17H12FNO2S2. The Morgan fingerprint density at radius 1 is 1.17 bits per heavy atom. The van der Waals surface area contributed by atoms with Gasteiger partial charge in [0.1, 0.15) is 11.6 Å². The highest BCUT2D eigenvalue weighted by Gasteiger charge is 2.34. The Morgan fingerprint density at radius 3 is 2.61 bits per heavy atom. The summed E-state index contributed by atoms with van der Waals surface area (Å²) in [6.07, 6.45) is 1.71. The number of rotatable bonds is 3. The lowest BCUT2D eigenvalue weighted by Gasteiger charge is -2.14. The van der Waals surface area contributed by atoms with Crippen LogP contribution >= 0.6 is 24.0 Å². The Labute approximate surface area is 142 Å². The van der Waals surface area contributed by atoms with Gasteiger partial charge in [-0.3, -0.25) is 9.69 Å². The number of carbonyl (C=O) groups excluding carboxylic acids is 1. The van der Waals surface area contributed by atoms with Crippen molar-refractivity contribution in [1.82, 2.24) is 0 Å². The first-order valence-corrected chi connectivity index (χ1v) is 8.00. The first-order valence-electron chi connectivity index (χ1n) is 6.77. The van der Waals surface area contributed by atoms with Crippen LogP contribution in [0.25, 0.3) is 6.08 Å². The van der Waals surface area contributed by atoms with Crippen LogP contribution in [0.15, 0.2) is 53.4 Å². The Bertz CT molecular complexity index is 820. The summed E-state index contributed by atoms with van der Waals surface area (Å²) in [4.78, 5) is 14.3. The van der Waals surface area contributed by atoms with E-state index in [9.17, 15) is 9.18 Å². The Kier molecular flexibility index (Phi) is 4.45. The van der Waals surface area contributed by atoms with Gasteiger partial charge in [-0.15, -0.1) is 0 Å². The van der Waals surface area contributed by atoms with Gasteiger partial charge in [0.05, 0.1) is 17.7 Å². The molecule has 0 radical (unpaired) electrons. The van der Waals surface area contributed by atoms with Gasteiger partial charge in [-0.25, -0.2) is 4.39 Å². The lowest BCUT2D eigenvalue weighted by Crippen LogP contribution is -2.28. The molecule has 0 N–H and O–H groups in total. The molecule has 0 aliphatic carbocycles. The number of nitrogens with zero attached hydrogens (tertiary/aromatic N) is 1. The fourth-order valence-electron chi connectivity index (χ4n) is 2.24. The van der Waals surface area contributed by atoms with Crippen molar-refractivity contribution in [2.24, 2.45) is 0 Å². The van der Waals surface area contributed by atoms with Crippen LogP contribution in [0.2, 0.25) is 0 Å². The van der Waals surface area contributed by atoms with Crippen LogP contribution in [0.4, 0.5) is 10.1 Å². The number of thioether (sulfide) groups is 1. The molecule has 2 aromatic carbocycles. The Morgan fingerprint density at radius 2 is 1.87 bits per heavy atom. The first kappa shape index (κ1) is 15.7. The number of hydrogen-bond donors (Lipinski definition) is 0. The summed E-state index contributed by atoms with van der Waals surface area (Å²) >= 11 is 6.39. The van der Waals surface area contributed by atoms with Gasteiger partial charge in [0.2, 0.25) is 0 Å². The molecule has 3 nitrogen and oxygen atoms in total. The summed E-state index contributed by atoms with van der Waals surface area (Å²) in [5, 5.41) is 0. The van der Waals surface area contributed by atoms with E-state index in [0.717, 1.165) is 17.3 Å². The second-order valence-electron chi connectivity index (χ2n) is 4.71. The largest absolute Gasteiger partial charge is 0.496 e. The second kappa shape index (κ2) is 6.52. The van der Waals surface area contributed by atoms with Gasteiger partial charge in [-0.05, 0) is 24.3 Å². The molecule has 0 unspecified atom stereocenters. The number of para-hydroxylation sites is 2. The highest BCUT2D eigenvalue weighted by molar-refractivity contribution is 8.27. The SMILES string of the molecule is COc1ccccc1/C=C1/SC(=S)N(c2ccccc2F)C1=O. The number of carbonyl (C=O) groups is 1. The van der Waals surface area contributed by atoms with E-state index >= 15 is 0 Å². The van der Waals surface area contributed by atoms with Gasteiger partial charge in [-0.2, -0.15) is 0 Å². The zero-order valence-corrected chi connectivity index (χ0v) is 13.8. The van der Waals surface area contributed by atoms with Crippen LogP contribution in [0.3, 0.4) is 0 Å².